The van der Waals surface area contributed by atoms with Crippen LogP contribution in [0.15, 0.2) is 78.6 Å². The van der Waals surface area contributed by atoms with Gasteiger partial charge in [-0.15, -0.1) is 0 Å². The molecule has 27 heavy (non-hydrogen) atoms. The predicted molar refractivity (Wildman–Crippen MR) is 102 cm³/mol. The van der Waals surface area contributed by atoms with E-state index >= 15 is 0 Å². The van der Waals surface area contributed by atoms with Gasteiger partial charge in [-0.2, -0.15) is 0 Å². The van der Waals surface area contributed by atoms with Gasteiger partial charge in [-0.25, -0.2) is 4.79 Å². The average Bonchev–Trinajstić information content (AvgIpc) is 2.97. The minimum absolute atomic E-state index is 0.188. The molecule has 0 radical (unpaired) electrons. The lowest BCUT2D eigenvalue weighted by Crippen LogP contribution is -2.08. The number of hydrogen-bond donors (Lipinski definition) is 0. The molecule has 0 aliphatic carbocycles. The average molecular weight is 356 g/mol. The first kappa shape index (κ1) is 16.8. The maximum atomic E-state index is 12.5. The topological polar surface area (TPSA) is 52.6 Å². The van der Waals surface area contributed by atoms with Crippen molar-refractivity contribution >= 4 is 17.8 Å². The molecule has 0 N–H and O–H groups in total. The molecule has 0 unspecified atom stereocenters. The third kappa shape index (κ3) is 3.51. The highest BCUT2D eigenvalue weighted by Gasteiger charge is 2.28. The van der Waals surface area contributed by atoms with Crippen LogP contribution in [0.2, 0.25) is 0 Å². The van der Waals surface area contributed by atoms with Gasteiger partial charge in [-0.3, -0.25) is 4.79 Å². The molecule has 1 aliphatic rings. The minimum atomic E-state index is -0.463. The zero-order chi connectivity index (χ0) is 18.8. The molecule has 0 spiro atoms. The quantitative estimate of drug-likeness (QED) is 0.383. The molecule has 4 nitrogen and oxygen atoms in total. The van der Waals surface area contributed by atoms with Gasteiger partial charge >= 0.3 is 5.97 Å². The van der Waals surface area contributed by atoms with E-state index in [4.69, 9.17) is 9.47 Å². The van der Waals surface area contributed by atoms with E-state index in [0.29, 0.717) is 22.6 Å². The Morgan fingerprint density at radius 1 is 0.963 bits per heavy atom. The van der Waals surface area contributed by atoms with Gasteiger partial charge in [0.05, 0.1) is 11.1 Å². The normalized spacial score (nSPS) is 14.0. The summed E-state index contributed by atoms with van der Waals surface area (Å²) in [6, 6.07) is 21.3. The summed E-state index contributed by atoms with van der Waals surface area (Å²) >= 11 is 0. The second kappa shape index (κ2) is 6.92. The van der Waals surface area contributed by atoms with Gasteiger partial charge < -0.3 is 9.47 Å². The molecule has 3 aromatic rings. The highest BCUT2D eigenvalue weighted by atomic mass is 16.5. The Morgan fingerprint density at radius 2 is 1.78 bits per heavy atom. The molecule has 0 fully saturated rings. The first-order valence-electron chi connectivity index (χ1n) is 8.52. The fourth-order valence-corrected chi connectivity index (χ4v) is 2.88. The van der Waals surface area contributed by atoms with Crippen LogP contribution in [0.25, 0.3) is 6.08 Å². The van der Waals surface area contributed by atoms with Crippen LogP contribution in [0.1, 0.15) is 31.8 Å². The van der Waals surface area contributed by atoms with Crippen molar-refractivity contribution in [3.63, 3.8) is 0 Å². The van der Waals surface area contributed by atoms with E-state index in [1.54, 1.807) is 48.5 Å². The number of ketones is 1. The Morgan fingerprint density at radius 3 is 2.56 bits per heavy atom. The fourth-order valence-electron chi connectivity index (χ4n) is 2.88. The van der Waals surface area contributed by atoms with Gasteiger partial charge in [-0.1, -0.05) is 48.0 Å². The van der Waals surface area contributed by atoms with Gasteiger partial charge in [0.25, 0.3) is 0 Å². The second-order valence-electron chi connectivity index (χ2n) is 6.27. The van der Waals surface area contributed by atoms with E-state index in [0.717, 1.165) is 11.1 Å². The molecule has 3 aromatic carbocycles. The van der Waals surface area contributed by atoms with E-state index in [-0.39, 0.29) is 11.5 Å². The molecule has 0 saturated heterocycles. The molecule has 4 heteroatoms. The molecular formula is C23H16O4. The van der Waals surface area contributed by atoms with Crippen LogP contribution in [-0.2, 0) is 0 Å². The van der Waals surface area contributed by atoms with Crippen LogP contribution in [-0.4, -0.2) is 11.8 Å². The van der Waals surface area contributed by atoms with Crippen LogP contribution in [0.3, 0.4) is 0 Å². The maximum absolute atomic E-state index is 12.5. The Bertz CT molecular complexity index is 1060. The molecule has 132 valence electrons. The van der Waals surface area contributed by atoms with Crippen LogP contribution >= 0.6 is 0 Å². The van der Waals surface area contributed by atoms with Crippen molar-refractivity contribution in [3.05, 3.63) is 101 Å². The van der Waals surface area contributed by atoms with Crippen molar-refractivity contribution in [1.82, 2.24) is 0 Å². The number of esters is 1. The van der Waals surface area contributed by atoms with Crippen LogP contribution < -0.4 is 9.47 Å². The molecule has 1 aliphatic heterocycles. The Balaban J connectivity index is 1.57. The Kier molecular flexibility index (Phi) is 4.30. The maximum Gasteiger partial charge on any atom is 0.343 e. The first-order valence-corrected chi connectivity index (χ1v) is 8.52. The first-order chi connectivity index (χ1) is 13.1. The van der Waals surface area contributed by atoms with Crippen molar-refractivity contribution in [1.29, 1.82) is 0 Å². The largest absolute Gasteiger partial charge is 0.452 e. The molecular weight excluding hydrogens is 340 g/mol. The lowest BCUT2D eigenvalue weighted by molar-refractivity contribution is 0.0734. The fraction of sp³-hybridized carbons (Fsp3) is 0.0435. The number of carbonyl (C=O) groups excluding carboxylic acids is 2. The highest BCUT2D eigenvalue weighted by molar-refractivity contribution is 6.14. The molecule has 0 saturated carbocycles. The van der Waals surface area contributed by atoms with Gasteiger partial charge in [-0.05, 0) is 42.8 Å². The number of ether oxygens (including phenoxy) is 2. The summed E-state index contributed by atoms with van der Waals surface area (Å²) in [6.07, 6.45) is 1.71. The number of aryl methyl sites for hydroxylation is 1. The van der Waals surface area contributed by atoms with E-state index < -0.39 is 5.97 Å². The summed E-state index contributed by atoms with van der Waals surface area (Å²) in [5.41, 5.74) is 2.90. The third-order valence-corrected chi connectivity index (χ3v) is 4.20. The van der Waals surface area contributed by atoms with E-state index in [9.17, 15) is 9.59 Å². The van der Waals surface area contributed by atoms with Crippen molar-refractivity contribution in [3.8, 4) is 11.5 Å². The lowest BCUT2D eigenvalue weighted by atomic mass is 10.1. The highest BCUT2D eigenvalue weighted by Crippen LogP contribution is 2.35. The summed E-state index contributed by atoms with van der Waals surface area (Å²) in [4.78, 5) is 24.7. The molecule has 0 atom stereocenters. The smallest absolute Gasteiger partial charge is 0.343 e. The summed E-state index contributed by atoms with van der Waals surface area (Å²) in [5, 5.41) is 0. The molecule has 1 heterocycles. The minimum Gasteiger partial charge on any atom is -0.452 e. The molecule has 0 amide bonds. The number of fused-ring (bicyclic) bond motifs is 1. The SMILES string of the molecule is Cc1cccc(C=C2Oc3cc(OC(=O)c4ccccc4)ccc3C2=O)c1. The number of rotatable bonds is 3. The summed E-state index contributed by atoms with van der Waals surface area (Å²) in [5.74, 6) is 0.314. The summed E-state index contributed by atoms with van der Waals surface area (Å²) in [7, 11) is 0. The van der Waals surface area contributed by atoms with Crippen molar-refractivity contribution in [2.45, 2.75) is 6.92 Å². The van der Waals surface area contributed by atoms with Gasteiger partial charge in [0.15, 0.2) is 5.76 Å². The zero-order valence-corrected chi connectivity index (χ0v) is 14.6. The summed E-state index contributed by atoms with van der Waals surface area (Å²) < 4.78 is 11.1. The molecule has 4 rings (SSSR count). The van der Waals surface area contributed by atoms with Crippen LogP contribution in [0.4, 0.5) is 0 Å². The van der Waals surface area contributed by atoms with E-state index in [2.05, 4.69) is 0 Å². The number of benzene rings is 3. The van der Waals surface area contributed by atoms with E-state index in [1.165, 1.54) is 0 Å². The van der Waals surface area contributed by atoms with Crippen LogP contribution in [0.5, 0.6) is 11.5 Å². The van der Waals surface area contributed by atoms with Gasteiger partial charge in [0, 0.05) is 6.07 Å². The van der Waals surface area contributed by atoms with Gasteiger partial charge in [0.2, 0.25) is 5.78 Å². The second-order valence-corrected chi connectivity index (χ2v) is 6.27. The van der Waals surface area contributed by atoms with Crippen LogP contribution in [0, 0.1) is 6.92 Å². The number of hydrogen-bond acceptors (Lipinski definition) is 4. The van der Waals surface area contributed by atoms with Crippen molar-refractivity contribution in [2.24, 2.45) is 0 Å². The van der Waals surface area contributed by atoms with Crippen molar-refractivity contribution < 1.29 is 19.1 Å². The van der Waals surface area contributed by atoms with Crippen molar-refractivity contribution in [2.75, 3.05) is 0 Å². The number of allylic oxidation sites excluding steroid dienone is 1. The monoisotopic (exact) mass is 356 g/mol. The summed E-state index contributed by atoms with van der Waals surface area (Å²) in [6.45, 7) is 1.99. The van der Waals surface area contributed by atoms with Gasteiger partial charge in [0.1, 0.15) is 11.5 Å². The molecule has 0 aromatic heterocycles. The zero-order valence-electron chi connectivity index (χ0n) is 14.6. The molecule has 0 bridgehead atoms. The predicted octanol–water partition coefficient (Wildman–Crippen LogP) is 4.83. The Hall–Kier alpha value is -3.66. The lowest BCUT2D eigenvalue weighted by Gasteiger charge is -2.05. The standard InChI is InChI=1S/C23H16O4/c1-15-6-5-7-16(12-15)13-21-22(24)19-11-10-18(14-20(19)27-21)26-23(25)17-8-3-2-4-9-17/h2-14H,1H3. The third-order valence-electron chi connectivity index (χ3n) is 4.20. The number of carbonyl (C=O) groups is 2. The number of Topliss-reactive ketones (excluding diaryl/α,β-unsaturated/α-hetero) is 1. The van der Waals surface area contributed by atoms with E-state index in [1.807, 2.05) is 37.3 Å². The Labute approximate surface area is 156 Å².